The number of benzene rings is 2. The number of aryl methyl sites for hydroxylation is 1. The van der Waals surface area contributed by atoms with Crippen molar-refractivity contribution in [1.82, 2.24) is 20.6 Å². The summed E-state index contributed by atoms with van der Waals surface area (Å²) in [6.07, 6.45) is 1.56. The van der Waals surface area contributed by atoms with Gasteiger partial charge in [0.1, 0.15) is 5.82 Å². The van der Waals surface area contributed by atoms with Crippen LogP contribution in [0.1, 0.15) is 28.2 Å². The number of amides is 2. The largest absolute Gasteiger partial charge is 0.465 e. The molecule has 2 amide bonds. The zero-order valence-electron chi connectivity index (χ0n) is 15.1. The standard InChI is InChI=1S/C20H22N4O3/c1-27-19(25)15-10-8-14(9-11-15)13-22-20(26)21-12-4-7-18-23-16-5-2-3-6-17(16)24-18/h2-3,5-6,8-11H,4,7,12-13H2,1H3,(H,23,24)(H2,21,22,26). The van der Waals surface area contributed by atoms with Gasteiger partial charge < -0.3 is 20.4 Å². The molecular weight excluding hydrogens is 344 g/mol. The number of methoxy groups -OCH3 is 1. The minimum Gasteiger partial charge on any atom is -0.465 e. The second-order valence-electron chi connectivity index (χ2n) is 6.10. The number of fused-ring (bicyclic) bond motifs is 1. The van der Waals surface area contributed by atoms with Crippen LogP contribution in [0.2, 0.25) is 0 Å². The van der Waals surface area contributed by atoms with Gasteiger partial charge >= 0.3 is 12.0 Å². The number of nitrogens with one attached hydrogen (secondary N) is 3. The smallest absolute Gasteiger partial charge is 0.337 e. The van der Waals surface area contributed by atoms with Crippen molar-refractivity contribution in [3.05, 3.63) is 65.5 Å². The van der Waals surface area contributed by atoms with Gasteiger partial charge in [0.05, 0.1) is 23.7 Å². The van der Waals surface area contributed by atoms with Gasteiger partial charge in [0, 0.05) is 19.5 Å². The lowest BCUT2D eigenvalue weighted by Gasteiger charge is -2.08. The van der Waals surface area contributed by atoms with Crippen LogP contribution in [0.5, 0.6) is 0 Å². The molecule has 2 aromatic carbocycles. The fourth-order valence-electron chi connectivity index (χ4n) is 2.70. The molecule has 3 N–H and O–H groups in total. The van der Waals surface area contributed by atoms with Crippen LogP contribution in [0.4, 0.5) is 4.79 Å². The van der Waals surface area contributed by atoms with Crippen molar-refractivity contribution in [2.24, 2.45) is 0 Å². The summed E-state index contributed by atoms with van der Waals surface area (Å²) in [4.78, 5) is 31.0. The van der Waals surface area contributed by atoms with Gasteiger partial charge in [-0.05, 0) is 36.2 Å². The predicted molar refractivity (Wildman–Crippen MR) is 102 cm³/mol. The molecular formula is C20H22N4O3. The average Bonchev–Trinajstić information content (AvgIpc) is 3.12. The number of nitrogens with zero attached hydrogens (tertiary/aromatic N) is 1. The number of imidazole rings is 1. The van der Waals surface area contributed by atoms with E-state index >= 15 is 0 Å². The number of hydrogen-bond acceptors (Lipinski definition) is 4. The molecule has 0 aliphatic carbocycles. The topological polar surface area (TPSA) is 96.1 Å². The van der Waals surface area contributed by atoms with Gasteiger partial charge in [0.15, 0.2) is 0 Å². The molecule has 3 rings (SSSR count). The summed E-state index contributed by atoms with van der Waals surface area (Å²) in [5.74, 6) is 0.542. The molecule has 1 aromatic heterocycles. The van der Waals surface area contributed by atoms with E-state index in [1.54, 1.807) is 24.3 Å². The minimum absolute atomic E-state index is 0.225. The predicted octanol–water partition coefficient (Wildman–Crippen LogP) is 2.78. The van der Waals surface area contributed by atoms with Crippen LogP contribution in [0.25, 0.3) is 11.0 Å². The maximum Gasteiger partial charge on any atom is 0.337 e. The van der Waals surface area contributed by atoms with Crippen LogP contribution >= 0.6 is 0 Å². The zero-order chi connectivity index (χ0) is 19.1. The maximum absolute atomic E-state index is 11.9. The molecule has 1 heterocycles. The van der Waals surface area contributed by atoms with E-state index in [0.29, 0.717) is 18.7 Å². The molecule has 3 aromatic rings. The van der Waals surface area contributed by atoms with Gasteiger partial charge in [0.25, 0.3) is 0 Å². The number of H-pyrrole nitrogens is 1. The van der Waals surface area contributed by atoms with Crippen molar-refractivity contribution in [2.75, 3.05) is 13.7 Å². The summed E-state index contributed by atoms with van der Waals surface area (Å²) in [6.45, 7) is 0.945. The Hall–Kier alpha value is -3.35. The second kappa shape index (κ2) is 8.84. The number of hydrogen-bond donors (Lipinski definition) is 3. The zero-order valence-corrected chi connectivity index (χ0v) is 15.1. The molecule has 0 fully saturated rings. The molecule has 27 heavy (non-hydrogen) atoms. The third-order valence-electron chi connectivity index (χ3n) is 4.14. The number of carbonyl (C=O) groups excluding carboxylic acids is 2. The number of urea groups is 1. The molecule has 0 atom stereocenters. The third-order valence-corrected chi connectivity index (χ3v) is 4.14. The molecule has 0 aliphatic heterocycles. The molecule has 0 radical (unpaired) electrons. The van der Waals surface area contributed by atoms with Crippen molar-refractivity contribution >= 4 is 23.0 Å². The van der Waals surface area contributed by atoms with Crippen molar-refractivity contribution in [3.63, 3.8) is 0 Å². The van der Waals surface area contributed by atoms with Gasteiger partial charge in [-0.2, -0.15) is 0 Å². The van der Waals surface area contributed by atoms with Gasteiger partial charge in [-0.15, -0.1) is 0 Å². The lowest BCUT2D eigenvalue weighted by atomic mass is 10.1. The summed E-state index contributed by atoms with van der Waals surface area (Å²) in [6, 6.07) is 14.6. The minimum atomic E-state index is -0.378. The van der Waals surface area contributed by atoms with E-state index in [0.717, 1.165) is 35.3 Å². The first-order valence-corrected chi connectivity index (χ1v) is 8.78. The van der Waals surface area contributed by atoms with E-state index in [9.17, 15) is 9.59 Å². The van der Waals surface area contributed by atoms with Crippen LogP contribution in [-0.4, -0.2) is 35.6 Å². The second-order valence-corrected chi connectivity index (χ2v) is 6.10. The number of ether oxygens (including phenoxy) is 1. The van der Waals surface area contributed by atoms with Crippen molar-refractivity contribution in [3.8, 4) is 0 Å². The third kappa shape index (κ3) is 5.07. The molecule has 140 valence electrons. The number of aromatic nitrogens is 2. The molecule has 0 saturated carbocycles. The Morgan fingerprint density at radius 3 is 2.59 bits per heavy atom. The van der Waals surface area contributed by atoms with Crippen molar-refractivity contribution in [1.29, 1.82) is 0 Å². The normalized spacial score (nSPS) is 10.6. The van der Waals surface area contributed by atoms with E-state index < -0.39 is 0 Å². The SMILES string of the molecule is COC(=O)c1ccc(CNC(=O)NCCCc2nc3ccccc3[nH]2)cc1. The fraction of sp³-hybridized carbons (Fsp3) is 0.250. The Morgan fingerprint density at radius 1 is 1.07 bits per heavy atom. The van der Waals surface area contributed by atoms with E-state index in [-0.39, 0.29) is 12.0 Å². The van der Waals surface area contributed by atoms with E-state index in [2.05, 4.69) is 25.3 Å². The highest BCUT2D eigenvalue weighted by molar-refractivity contribution is 5.89. The summed E-state index contributed by atoms with van der Waals surface area (Å²) < 4.78 is 4.65. The van der Waals surface area contributed by atoms with Gasteiger partial charge in [-0.1, -0.05) is 24.3 Å². The highest BCUT2D eigenvalue weighted by Gasteiger charge is 2.06. The molecule has 0 aliphatic rings. The lowest BCUT2D eigenvalue weighted by molar-refractivity contribution is 0.0600. The van der Waals surface area contributed by atoms with Crippen molar-refractivity contribution in [2.45, 2.75) is 19.4 Å². The molecule has 0 saturated heterocycles. The lowest BCUT2D eigenvalue weighted by Crippen LogP contribution is -2.35. The first kappa shape index (κ1) is 18.4. The summed E-state index contributed by atoms with van der Waals surface area (Å²) in [5, 5.41) is 5.62. The quantitative estimate of drug-likeness (QED) is 0.442. The highest BCUT2D eigenvalue weighted by atomic mass is 16.5. The monoisotopic (exact) mass is 366 g/mol. The Kier molecular flexibility index (Phi) is 6.04. The van der Waals surface area contributed by atoms with E-state index in [1.165, 1.54) is 7.11 Å². The van der Waals surface area contributed by atoms with Crippen LogP contribution < -0.4 is 10.6 Å². The van der Waals surface area contributed by atoms with Crippen LogP contribution in [0, 0.1) is 0 Å². The van der Waals surface area contributed by atoms with E-state index in [1.807, 2.05) is 24.3 Å². The molecule has 7 nitrogen and oxygen atoms in total. The number of esters is 1. The number of aromatic amines is 1. The first-order chi connectivity index (χ1) is 13.2. The summed E-state index contributed by atoms with van der Waals surface area (Å²) in [7, 11) is 1.34. The van der Waals surface area contributed by atoms with Gasteiger partial charge in [0.2, 0.25) is 0 Å². The highest BCUT2D eigenvalue weighted by Crippen LogP contribution is 2.11. The summed E-state index contributed by atoms with van der Waals surface area (Å²) in [5.41, 5.74) is 3.37. The van der Waals surface area contributed by atoms with Crippen LogP contribution in [-0.2, 0) is 17.7 Å². The Bertz CT molecular complexity index is 885. The molecule has 0 bridgehead atoms. The van der Waals surface area contributed by atoms with Crippen LogP contribution in [0.15, 0.2) is 48.5 Å². The van der Waals surface area contributed by atoms with Crippen LogP contribution in [0.3, 0.4) is 0 Å². The number of rotatable bonds is 7. The molecule has 7 heteroatoms. The van der Waals surface area contributed by atoms with Gasteiger partial charge in [-0.25, -0.2) is 14.6 Å². The average molecular weight is 366 g/mol. The van der Waals surface area contributed by atoms with E-state index in [4.69, 9.17) is 0 Å². The summed E-state index contributed by atoms with van der Waals surface area (Å²) >= 11 is 0. The maximum atomic E-state index is 11.9. The van der Waals surface area contributed by atoms with Crippen molar-refractivity contribution < 1.29 is 14.3 Å². The van der Waals surface area contributed by atoms with Gasteiger partial charge in [-0.3, -0.25) is 0 Å². The molecule has 0 unspecified atom stereocenters. The Balaban J connectivity index is 1.36. The fourth-order valence-corrected chi connectivity index (χ4v) is 2.70. The number of para-hydroxylation sites is 2. The first-order valence-electron chi connectivity index (χ1n) is 8.78. The number of carbonyl (C=O) groups is 2. The molecule has 0 spiro atoms. The Morgan fingerprint density at radius 2 is 1.85 bits per heavy atom. The Labute approximate surface area is 157 Å².